The van der Waals surface area contributed by atoms with Gasteiger partial charge in [0.2, 0.25) is 20.9 Å². The molecule has 2 heterocycles. The number of nitrogens with zero attached hydrogens (tertiary/aromatic N) is 4. The number of hydrogen-bond acceptors (Lipinski definition) is 9. The highest BCUT2D eigenvalue weighted by molar-refractivity contribution is 7.89. The van der Waals surface area contributed by atoms with Crippen LogP contribution in [0.5, 0.6) is 17.2 Å². The minimum Gasteiger partial charge on any atom is -0.493 e. The molecule has 1 saturated heterocycles. The number of fused-ring (bicyclic) bond motifs is 1. The zero-order valence-corrected chi connectivity index (χ0v) is 27.1. The number of anilines is 1. The number of rotatable bonds is 10. The van der Waals surface area contributed by atoms with Crippen LogP contribution < -0.4 is 19.2 Å². The maximum atomic E-state index is 14.0. The number of thiazole rings is 1. The van der Waals surface area contributed by atoms with Gasteiger partial charge in [-0.2, -0.15) is 14.4 Å². The van der Waals surface area contributed by atoms with Gasteiger partial charge in [0.05, 0.1) is 42.7 Å². The van der Waals surface area contributed by atoms with E-state index in [0.717, 1.165) is 41.5 Å². The predicted molar refractivity (Wildman–Crippen MR) is 173 cm³/mol. The fraction of sp³-hybridized carbons (Fsp3) is 0.344. The Morgan fingerprint density at radius 3 is 2.39 bits per heavy atom. The van der Waals surface area contributed by atoms with Crippen molar-refractivity contribution in [3.05, 3.63) is 71.3 Å². The van der Waals surface area contributed by atoms with Crippen LogP contribution in [0, 0.1) is 6.92 Å². The molecule has 232 valence electrons. The lowest BCUT2D eigenvalue weighted by atomic mass is 10.0. The molecule has 3 aromatic carbocycles. The lowest BCUT2D eigenvalue weighted by molar-refractivity contribution is 0.0987. The van der Waals surface area contributed by atoms with E-state index in [4.69, 9.17) is 14.2 Å². The molecule has 1 aliphatic heterocycles. The summed E-state index contributed by atoms with van der Waals surface area (Å²) in [6.07, 6.45) is 4.99. The number of ether oxygens (including phenoxy) is 3. The molecule has 0 spiro atoms. The van der Waals surface area contributed by atoms with Crippen molar-refractivity contribution in [3.63, 3.8) is 0 Å². The monoisotopic (exact) mass is 636 g/mol. The van der Waals surface area contributed by atoms with Crippen molar-refractivity contribution in [2.45, 2.75) is 50.5 Å². The number of amides is 1. The summed E-state index contributed by atoms with van der Waals surface area (Å²) in [5.74, 6) is 0.860. The molecule has 44 heavy (non-hydrogen) atoms. The molecule has 0 aliphatic carbocycles. The summed E-state index contributed by atoms with van der Waals surface area (Å²) in [5.41, 5.74) is 2.68. The van der Waals surface area contributed by atoms with Crippen LogP contribution in [0.25, 0.3) is 10.2 Å². The first-order valence-electron chi connectivity index (χ1n) is 14.4. The highest BCUT2D eigenvalue weighted by Crippen LogP contribution is 2.38. The van der Waals surface area contributed by atoms with Crippen molar-refractivity contribution in [2.24, 2.45) is 5.10 Å². The minimum atomic E-state index is -3.69. The number of sulfonamides is 1. The van der Waals surface area contributed by atoms with Crippen LogP contribution in [-0.4, -0.2) is 63.7 Å². The standard InChI is InChI=1S/C32H36N4O6S2/c1-6-24-9-7-8-16-35(24)44(38,39)25-13-11-23(12-14-25)31(37)36(32-34-26-15-10-21(2)17-29(26)43-32)33-20-22-18-27(40-3)30(42-5)28(19-22)41-4/h10-15,17-20,24H,6-9,16H2,1-5H3/b33-20+. The molecule has 5 rings (SSSR count). The van der Waals surface area contributed by atoms with Gasteiger partial charge in [0.15, 0.2) is 11.5 Å². The Kier molecular flexibility index (Phi) is 9.52. The molecular weight excluding hydrogens is 601 g/mol. The molecule has 1 unspecified atom stereocenters. The van der Waals surface area contributed by atoms with E-state index in [1.54, 1.807) is 16.4 Å². The smallest absolute Gasteiger partial charge is 0.280 e. The maximum Gasteiger partial charge on any atom is 0.280 e. The number of benzene rings is 3. The fourth-order valence-corrected chi connectivity index (χ4v) is 8.11. The topological polar surface area (TPSA) is 111 Å². The average molecular weight is 637 g/mol. The van der Waals surface area contributed by atoms with Gasteiger partial charge < -0.3 is 14.2 Å². The van der Waals surface area contributed by atoms with Crippen LogP contribution in [0.2, 0.25) is 0 Å². The van der Waals surface area contributed by atoms with E-state index in [1.807, 2.05) is 32.0 Å². The number of piperidine rings is 1. The van der Waals surface area contributed by atoms with Crippen molar-refractivity contribution in [3.8, 4) is 17.2 Å². The molecule has 1 aromatic heterocycles. The highest BCUT2D eigenvalue weighted by atomic mass is 32.2. The SMILES string of the molecule is CCC1CCCCN1S(=O)(=O)c1ccc(C(=O)N(/N=C/c2cc(OC)c(OC)c(OC)c2)c2nc3ccc(C)cc3s2)cc1. The average Bonchev–Trinajstić information content (AvgIpc) is 3.46. The largest absolute Gasteiger partial charge is 0.493 e. The first kappa shape index (κ1) is 31.4. The van der Waals surface area contributed by atoms with Gasteiger partial charge in [0, 0.05) is 23.7 Å². The van der Waals surface area contributed by atoms with E-state index in [-0.39, 0.29) is 16.5 Å². The van der Waals surface area contributed by atoms with E-state index in [0.29, 0.717) is 34.5 Å². The lowest BCUT2D eigenvalue weighted by Crippen LogP contribution is -2.43. The van der Waals surface area contributed by atoms with E-state index in [2.05, 4.69) is 10.1 Å². The van der Waals surface area contributed by atoms with Gasteiger partial charge in [-0.3, -0.25) is 4.79 Å². The van der Waals surface area contributed by atoms with E-state index < -0.39 is 15.9 Å². The third-order valence-corrected chi connectivity index (χ3v) is 10.6. The number of hydrogen-bond donors (Lipinski definition) is 0. The predicted octanol–water partition coefficient (Wildman–Crippen LogP) is 6.26. The molecule has 0 radical (unpaired) electrons. The van der Waals surface area contributed by atoms with E-state index in [9.17, 15) is 13.2 Å². The van der Waals surface area contributed by atoms with Crippen molar-refractivity contribution in [1.82, 2.24) is 9.29 Å². The summed E-state index contributed by atoms with van der Waals surface area (Å²) in [5, 5.41) is 6.16. The summed E-state index contributed by atoms with van der Waals surface area (Å²) in [7, 11) is 0.877. The number of methoxy groups -OCH3 is 3. The van der Waals surface area contributed by atoms with Crippen LogP contribution in [-0.2, 0) is 10.0 Å². The molecule has 0 saturated carbocycles. The minimum absolute atomic E-state index is 0.0160. The summed E-state index contributed by atoms with van der Waals surface area (Å²) in [6, 6.07) is 15.3. The Hall–Kier alpha value is -4.00. The quantitative estimate of drug-likeness (QED) is 0.149. The number of hydrazone groups is 1. The third-order valence-electron chi connectivity index (χ3n) is 7.67. The van der Waals surface area contributed by atoms with Gasteiger partial charge in [0.1, 0.15) is 0 Å². The Morgan fingerprint density at radius 2 is 1.75 bits per heavy atom. The van der Waals surface area contributed by atoms with E-state index in [1.165, 1.54) is 68.2 Å². The molecule has 0 bridgehead atoms. The van der Waals surface area contributed by atoms with Gasteiger partial charge in [0.25, 0.3) is 5.91 Å². The summed E-state index contributed by atoms with van der Waals surface area (Å²) in [4.78, 5) is 18.8. The molecule has 1 fully saturated rings. The molecule has 1 amide bonds. The Bertz CT molecular complexity index is 1760. The molecule has 12 heteroatoms. The highest BCUT2D eigenvalue weighted by Gasteiger charge is 2.32. The van der Waals surface area contributed by atoms with Gasteiger partial charge in [-0.1, -0.05) is 30.7 Å². The van der Waals surface area contributed by atoms with Gasteiger partial charge in [-0.05, 0) is 80.3 Å². The first-order chi connectivity index (χ1) is 21.2. The van der Waals surface area contributed by atoms with Crippen LogP contribution in [0.4, 0.5) is 5.13 Å². The van der Waals surface area contributed by atoms with Crippen LogP contribution in [0.15, 0.2) is 64.6 Å². The zero-order valence-electron chi connectivity index (χ0n) is 25.4. The van der Waals surface area contributed by atoms with Crippen LogP contribution in [0.3, 0.4) is 0 Å². The normalized spacial score (nSPS) is 15.9. The second-order valence-electron chi connectivity index (χ2n) is 10.5. The third kappa shape index (κ3) is 6.28. The number of carbonyl (C=O) groups excluding carboxylic acids is 1. The van der Waals surface area contributed by atoms with Crippen molar-refractivity contribution in [2.75, 3.05) is 32.9 Å². The van der Waals surface area contributed by atoms with Gasteiger partial charge >= 0.3 is 0 Å². The second-order valence-corrected chi connectivity index (χ2v) is 13.4. The van der Waals surface area contributed by atoms with Gasteiger partial charge in [-0.25, -0.2) is 13.4 Å². The van der Waals surface area contributed by atoms with Crippen molar-refractivity contribution in [1.29, 1.82) is 0 Å². The van der Waals surface area contributed by atoms with Crippen molar-refractivity contribution < 1.29 is 27.4 Å². The lowest BCUT2D eigenvalue weighted by Gasteiger charge is -2.34. The Balaban J connectivity index is 1.51. The maximum absolute atomic E-state index is 14.0. The van der Waals surface area contributed by atoms with Crippen LogP contribution in [0.1, 0.15) is 54.1 Å². The summed E-state index contributed by atoms with van der Waals surface area (Å²) >= 11 is 1.34. The Morgan fingerprint density at radius 1 is 1.05 bits per heavy atom. The zero-order chi connectivity index (χ0) is 31.4. The Labute approximate surface area is 261 Å². The summed E-state index contributed by atoms with van der Waals surface area (Å²) < 4.78 is 45.9. The van der Waals surface area contributed by atoms with E-state index >= 15 is 0 Å². The molecular formula is C32H36N4O6S2. The number of carbonyl (C=O) groups is 1. The van der Waals surface area contributed by atoms with Crippen LogP contribution >= 0.6 is 11.3 Å². The first-order valence-corrected chi connectivity index (χ1v) is 16.6. The number of aryl methyl sites for hydroxylation is 1. The summed E-state index contributed by atoms with van der Waals surface area (Å²) in [6.45, 7) is 4.51. The molecule has 1 atom stereocenters. The van der Waals surface area contributed by atoms with Gasteiger partial charge in [-0.15, -0.1) is 0 Å². The second kappa shape index (κ2) is 13.3. The molecule has 1 aliphatic rings. The fourth-order valence-electron chi connectivity index (χ4n) is 5.32. The number of aromatic nitrogens is 1. The molecule has 0 N–H and O–H groups in total. The molecule has 10 nitrogen and oxygen atoms in total. The van der Waals surface area contributed by atoms with Crippen molar-refractivity contribution >= 4 is 48.8 Å². The molecule has 4 aromatic rings.